The van der Waals surface area contributed by atoms with Crippen LogP contribution in [0.5, 0.6) is 11.5 Å². The van der Waals surface area contributed by atoms with Gasteiger partial charge in [-0.15, -0.1) is 0 Å². The zero-order valence-electron chi connectivity index (χ0n) is 17.0. The molecule has 2 aromatic carbocycles. The van der Waals surface area contributed by atoms with E-state index in [1.165, 1.54) is 11.3 Å². The van der Waals surface area contributed by atoms with E-state index in [9.17, 15) is 4.79 Å². The molecule has 1 fully saturated rings. The molecule has 160 valence electrons. The van der Waals surface area contributed by atoms with E-state index in [1.807, 2.05) is 24.1 Å². The Morgan fingerprint density at radius 3 is 2.57 bits per heavy atom. The van der Waals surface area contributed by atoms with E-state index in [1.54, 1.807) is 6.07 Å². The van der Waals surface area contributed by atoms with E-state index in [4.69, 9.17) is 14.2 Å². The topological polar surface area (TPSA) is 63.3 Å². The number of ether oxygens (including phenoxy) is 3. The molecule has 4 rings (SSSR count). The molecular formula is C22H26BrN3O4. The highest BCUT2D eigenvalue weighted by Gasteiger charge is 2.18. The third kappa shape index (κ3) is 5.06. The Bertz CT molecular complexity index is 902. The van der Waals surface area contributed by atoms with Crippen LogP contribution in [0.1, 0.15) is 5.56 Å². The van der Waals surface area contributed by atoms with Crippen LogP contribution in [0.4, 0.5) is 11.4 Å². The first-order chi connectivity index (χ1) is 14.6. The molecule has 0 spiro atoms. The summed E-state index contributed by atoms with van der Waals surface area (Å²) in [4.78, 5) is 17.0. The van der Waals surface area contributed by atoms with Crippen molar-refractivity contribution in [3.05, 3.63) is 46.4 Å². The van der Waals surface area contributed by atoms with Gasteiger partial charge in [-0.3, -0.25) is 9.69 Å². The van der Waals surface area contributed by atoms with Gasteiger partial charge in [-0.05, 0) is 34.6 Å². The Kier molecular flexibility index (Phi) is 6.76. The fourth-order valence-electron chi connectivity index (χ4n) is 3.70. The zero-order valence-corrected chi connectivity index (χ0v) is 18.6. The molecule has 1 saturated heterocycles. The summed E-state index contributed by atoms with van der Waals surface area (Å²) in [6, 6.07) is 12.0. The second-order valence-corrected chi connectivity index (χ2v) is 8.28. The van der Waals surface area contributed by atoms with Crippen molar-refractivity contribution >= 4 is 33.2 Å². The Morgan fingerprint density at radius 2 is 1.80 bits per heavy atom. The molecule has 0 atom stereocenters. The predicted molar refractivity (Wildman–Crippen MR) is 120 cm³/mol. The number of amides is 1. The number of benzene rings is 2. The number of nitrogens with zero attached hydrogens (tertiary/aromatic N) is 2. The first kappa shape index (κ1) is 21.0. The largest absolute Gasteiger partial charge is 0.486 e. The van der Waals surface area contributed by atoms with Crippen molar-refractivity contribution in [3.63, 3.8) is 0 Å². The first-order valence-electron chi connectivity index (χ1n) is 10.1. The quantitative estimate of drug-likeness (QED) is 0.692. The van der Waals surface area contributed by atoms with E-state index in [0.29, 0.717) is 36.9 Å². The minimum absolute atomic E-state index is 0.0845. The van der Waals surface area contributed by atoms with Gasteiger partial charge in [0.1, 0.15) is 13.2 Å². The highest BCUT2D eigenvalue weighted by atomic mass is 79.9. The first-order valence-corrected chi connectivity index (χ1v) is 10.9. The number of hydrogen-bond acceptors (Lipinski definition) is 6. The fourth-order valence-corrected chi connectivity index (χ4v) is 4.12. The number of morpholine rings is 1. The lowest BCUT2D eigenvalue weighted by atomic mass is 10.1. The van der Waals surface area contributed by atoms with Crippen molar-refractivity contribution in [2.75, 3.05) is 63.3 Å². The Morgan fingerprint density at radius 1 is 1.10 bits per heavy atom. The van der Waals surface area contributed by atoms with E-state index >= 15 is 0 Å². The van der Waals surface area contributed by atoms with Gasteiger partial charge in [0.05, 0.1) is 25.4 Å². The maximum Gasteiger partial charge on any atom is 0.238 e. The SMILES string of the molecule is CN(CC(=O)Nc1cc2c(cc1Br)OCCO2)Cc1ccccc1N1CCOCC1. The molecule has 2 aliphatic heterocycles. The van der Waals surface area contributed by atoms with Crippen LogP contribution < -0.4 is 19.7 Å². The highest BCUT2D eigenvalue weighted by molar-refractivity contribution is 9.10. The molecule has 1 amide bonds. The van der Waals surface area contributed by atoms with Gasteiger partial charge in [0.15, 0.2) is 11.5 Å². The van der Waals surface area contributed by atoms with Gasteiger partial charge in [0.2, 0.25) is 5.91 Å². The minimum atomic E-state index is -0.0845. The number of hydrogen-bond donors (Lipinski definition) is 1. The van der Waals surface area contributed by atoms with Gasteiger partial charge < -0.3 is 24.4 Å². The summed E-state index contributed by atoms with van der Waals surface area (Å²) in [5.41, 5.74) is 3.09. The molecule has 2 aliphatic rings. The molecule has 30 heavy (non-hydrogen) atoms. The summed E-state index contributed by atoms with van der Waals surface area (Å²) in [5, 5.41) is 2.97. The molecule has 0 radical (unpaired) electrons. The third-order valence-electron chi connectivity index (χ3n) is 5.10. The number of carbonyl (C=O) groups is 1. The number of rotatable bonds is 6. The van der Waals surface area contributed by atoms with Crippen molar-refractivity contribution in [1.82, 2.24) is 4.90 Å². The van der Waals surface area contributed by atoms with Crippen LogP contribution in [0.15, 0.2) is 40.9 Å². The number of nitrogens with one attached hydrogen (secondary N) is 1. The van der Waals surface area contributed by atoms with Crippen LogP contribution in [0.3, 0.4) is 0 Å². The highest BCUT2D eigenvalue weighted by Crippen LogP contribution is 2.38. The van der Waals surface area contributed by atoms with Crippen molar-refractivity contribution < 1.29 is 19.0 Å². The average Bonchev–Trinajstić information content (AvgIpc) is 2.75. The van der Waals surface area contributed by atoms with Crippen LogP contribution in [0, 0.1) is 0 Å². The molecule has 7 nitrogen and oxygen atoms in total. The number of carbonyl (C=O) groups excluding carboxylic acids is 1. The number of para-hydroxylation sites is 1. The van der Waals surface area contributed by atoms with Crippen LogP contribution in [0.25, 0.3) is 0 Å². The molecule has 0 unspecified atom stereocenters. The molecule has 1 N–H and O–H groups in total. The summed E-state index contributed by atoms with van der Waals surface area (Å²) < 4.78 is 17.4. The molecule has 8 heteroatoms. The van der Waals surface area contributed by atoms with E-state index in [-0.39, 0.29) is 12.5 Å². The summed E-state index contributed by atoms with van der Waals surface area (Å²) in [5.74, 6) is 1.24. The molecule has 0 aliphatic carbocycles. The van der Waals surface area contributed by atoms with Crippen molar-refractivity contribution in [3.8, 4) is 11.5 Å². The van der Waals surface area contributed by atoms with Gasteiger partial charge in [0, 0.05) is 41.9 Å². The lowest BCUT2D eigenvalue weighted by molar-refractivity contribution is -0.117. The van der Waals surface area contributed by atoms with Crippen LogP contribution >= 0.6 is 15.9 Å². The predicted octanol–water partition coefficient (Wildman–Crippen LogP) is 3.13. The van der Waals surface area contributed by atoms with Crippen molar-refractivity contribution in [2.24, 2.45) is 0 Å². The molecule has 0 aromatic heterocycles. The zero-order chi connectivity index (χ0) is 20.9. The molecule has 0 bridgehead atoms. The van der Waals surface area contributed by atoms with Gasteiger partial charge >= 0.3 is 0 Å². The normalized spacial score (nSPS) is 15.9. The van der Waals surface area contributed by atoms with Crippen LogP contribution in [-0.2, 0) is 16.1 Å². The van der Waals surface area contributed by atoms with Crippen molar-refractivity contribution in [2.45, 2.75) is 6.54 Å². The Hall–Kier alpha value is -2.29. The number of fused-ring (bicyclic) bond motifs is 1. The molecule has 2 aromatic rings. The molecular weight excluding hydrogens is 450 g/mol. The number of anilines is 2. The van der Waals surface area contributed by atoms with Crippen LogP contribution in [-0.4, -0.2) is 63.9 Å². The van der Waals surface area contributed by atoms with E-state index < -0.39 is 0 Å². The fraction of sp³-hybridized carbons (Fsp3) is 0.409. The van der Waals surface area contributed by atoms with Gasteiger partial charge in [-0.1, -0.05) is 18.2 Å². The summed E-state index contributed by atoms with van der Waals surface area (Å²) in [7, 11) is 1.95. The average molecular weight is 476 g/mol. The van der Waals surface area contributed by atoms with E-state index in [2.05, 4.69) is 44.3 Å². The monoisotopic (exact) mass is 475 g/mol. The number of likely N-dealkylation sites (N-methyl/N-ethyl adjacent to an activating group) is 1. The smallest absolute Gasteiger partial charge is 0.238 e. The summed E-state index contributed by atoms with van der Waals surface area (Å²) in [6.07, 6.45) is 0. The Labute approximate surface area is 185 Å². The summed E-state index contributed by atoms with van der Waals surface area (Å²) >= 11 is 3.50. The van der Waals surface area contributed by atoms with E-state index in [0.717, 1.165) is 30.8 Å². The lowest BCUT2D eigenvalue weighted by Crippen LogP contribution is -2.37. The Balaban J connectivity index is 1.38. The second-order valence-electron chi connectivity index (χ2n) is 7.42. The molecule has 0 saturated carbocycles. The standard InChI is InChI=1S/C22H26BrN3O4/c1-25(14-16-4-2-3-5-19(16)26-6-8-28-9-7-26)15-22(27)24-18-13-21-20(12-17(18)23)29-10-11-30-21/h2-5,12-13H,6-11,14-15H2,1H3,(H,24,27). The van der Waals surface area contributed by atoms with Gasteiger partial charge in [-0.25, -0.2) is 0 Å². The maximum absolute atomic E-state index is 12.6. The minimum Gasteiger partial charge on any atom is -0.486 e. The number of halogens is 1. The van der Waals surface area contributed by atoms with Crippen molar-refractivity contribution in [1.29, 1.82) is 0 Å². The van der Waals surface area contributed by atoms with Gasteiger partial charge in [0.25, 0.3) is 0 Å². The van der Waals surface area contributed by atoms with Gasteiger partial charge in [-0.2, -0.15) is 0 Å². The lowest BCUT2D eigenvalue weighted by Gasteiger charge is -2.31. The second kappa shape index (κ2) is 9.68. The summed E-state index contributed by atoms with van der Waals surface area (Å²) in [6.45, 7) is 5.27. The van der Waals surface area contributed by atoms with Crippen LogP contribution in [0.2, 0.25) is 0 Å². The molecule has 2 heterocycles. The third-order valence-corrected chi connectivity index (χ3v) is 5.76. The maximum atomic E-state index is 12.6.